The fourth-order valence-corrected chi connectivity index (χ4v) is 5.42. The molecule has 3 amide bonds. The number of anilines is 1. The predicted octanol–water partition coefficient (Wildman–Crippen LogP) is 2.16. The fraction of sp³-hybridized carbons (Fsp3) is 0.375. The van der Waals surface area contributed by atoms with E-state index in [9.17, 15) is 19.5 Å². The van der Waals surface area contributed by atoms with Crippen LogP contribution in [0.1, 0.15) is 30.9 Å². The average Bonchev–Trinajstić information content (AvgIpc) is 3.33. The molecule has 4 atom stereocenters. The molecule has 3 aliphatic heterocycles. The number of fused-ring (bicyclic) bond motifs is 4. The average molecular weight is 419 g/mol. The second-order valence-electron chi connectivity index (χ2n) is 8.61. The number of phenols is 1. The number of aromatic hydroxyl groups is 1. The molecule has 160 valence electrons. The lowest BCUT2D eigenvalue weighted by Gasteiger charge is -2.29. The SMILES string of the molecule is CCCCN1C(=O)[C@H]2[C@H](Cc3ccc(O)cc3)N[C@@]3(C(=O)Nc4ccccc43)[C@@H]2C1=O. The van der Waals surface area contributed by atoms with E-state index in [1.807, 2.05) is 31.2 Å². The molecule has 2 aromatic carbocycles. The van der Waals surface area contributed by atoms with Crippen molar-refractivity contribution in [2.24, 2.45) is 11.8 Å². The molecule has 7 heteroatoms. The van der Waals surface area contributed by atoms with Crippen LogP contribution >= 0.6 is 0 Å². The molecule has 3 N–H and O–H groups in total. The Kier molecular flexibility index (Phi) is 4.59. The van der Waals surface area contributed by atoms with Crippen LogP contribution in [0.25, 0.3) is 0 Å². The summed E-state index contributed by atoms with van der Waals surface area (Å²) in [6.45, 7) is 2.40. The predicted molar refractivity (Wildman–Crippen MR) is 114 cm³/mol. The monoisotopic (exact) mass is 419 g/mol. The van der Waals surface area contributed by atoms with Gasteiger partial charge in [0.15, 0.2) is 0 Å². The Morgan fingerprint density at radius 1 is 1.03 bits per heavy atom. The van der Waals surface area contributed by atoms with Gasteiger partial charge in [0.1, 0.15) is 11.3 Å². The topological polar surface area (TPSA) is 98.7 Å². The smallest absolute Gasteiger partial charge is 0.250 e. The van der Waals surface area contributed by atoms with E-state index in [4.69, 9.17) is 0 Å². The van der Waals surface area contributed by atoms with Crippen molar-refractivity contribution in [3.63, 3.8) is 0 Å². The summed E-state index contributed by atoms with van der Waals surface area (Å²) in [5, 5.41) is 15.9. The molecule has 2 aromatic rings. The number of benzene rings is 2. The van der Waals surface area contributed by atoms with Gasteiger partial charge in [-0.15, -0.1) is 0 Å². The molecule has 0 aromatic heterocycles. The number of nitrogens with zero attached hydrogens (tertiary/aromatic N) is 1. The molecule has 0 saturated carbocycles. The van der Waals surface area contributed by atoms with Gasteiger partial charge in [-0.25, -0.2) is 0 Å². The summed E-state index contributed by atoms with van der Waals surface area (Å²) in [5.74, 6) is -1.97. The van der Waals surface area contributed by atoms with E-state index in [0.717, 1.165) is 24.0 Å². The molecule has 3 aliphatic rings. The molecule has 2 saturated heterocycles. The van der Waals surface area contributed by atoms with Crippen molar-refractivity contribution >= 4 is 23.4 Å². The largest absolute Gasteiger partial charge is 0.508 e. The van der Waals surface area contributed by atoms with E-state index in [1.165, 1.54) is 4.90 Å². The van der Waals surface area contributed by atoms with Gasteiger partial charge in [0, 0.05) is 23.8 Å². The maximum atomic E-state index is 13.5. The highest BCUT2D eigenvalue weighted by molar-refractivity contribution is 6.15. The number of unbranched alkanes of at least 4 members (excludes halogenated alkanes) is 1. The number of phenolic OH excluding ortho intramolecular Hbond substituents is 1. The number of nitrogens with one attached hydrogen (secondary N) is 2. The van der Waals surface area contributed by atoms with Crippen LogP contribution in [0.2, 0.25) is 0 Å². The van der Waals surface area contributed by atoms with Crippen molar-refractivity contribution in [2.45, 2.75) is 37.8 Å². The van der Waals surface area contributed by atoms with E-state index < -0.39 is 17.4 Å². The first kappa shape index (κ1) is 19.8. The third-order valence-electron chi connectivity index (χ3n) is 6.84. The Morgan fingerprint density at radius 3 is 2.52 bits per heavy atom. The van der Waals surface area contributed by atoms with Crippen molar-refractivity contribution in [1.29, 1.82) is 0 Å². The van der Waals surface area contributed by atoms with E-state index >= 15 is 0 Å². The number of carbonyl (C=O) groups excluding carboxylic acids is 3. The van der Waals surface area contributed by atoms with Gasteiger partial charge in [-0.2, -0.15) is 0 Å². The first-order chi connectivity index (χ1) is 15.0. The Balaban J connectivity index is 1.59. The summed E-state index contributed by atoms with van der Waals surface area (Å²) in [6.07, 6.45) is 2.08. The lowest BCUT2D eigenvalue weighted by molar-refractivity contribution is -0.142. The van der Waals surface area contributed by atoms with Crippen molar-refractivity contribution in [3.8, 4) is 5.75 Å². The van der Waals surface area contributed by atoms with Gasteiger partial charge in [0.05, 0.1) is 11.8 Å². The minimum absolute atomic E-state index is 0.166. The number of carbonyl (C=O) groups is 3. The van der Waals surface area contributed by atoms with Crippen LogP contribution < -0.4 is 10.6 Å². The molecule has 3 heterocycles. The molecule has 0 radical (unpaired) electrons. The van der Waals surface area contributed by atoms with E-state index in [0.29, 0.717) is 18.7 Å². The van der Waals surface area contributed by atoms with E-state index in [1.54, 1.807) is 24.3 Å². The maximum Gasteiger partial charge on any atom is 0.250 e. The molecule has 7 nitrogen and oxygen atoms in total. The summed E-state index contributed by atoms with van der Waals surface area (Å²) in [7, 11) is 0. The molecule has 1 spiro atoms. The van der Waals surface area contributed by atoms with Crippen LogP contribution in [0.3, 0.4) is 0 Å². The summed E-state index contributed by atoms with van der Waals surface area (Å²) in [4.78, 5) is 41.6. The number of imide groups is 1. The summed E-state index contributed by atoms with van der Waals surface area (Å²) in [5.41, 5.74) is 1.07. The second kappa shape index (κ2) is 7.20. The molecule has 0 unspecified atom stereocenters. The Labute approximate surface area is 180 Å². The summed E-state index contributed by atoms with van der Waals surface area (Å²) in [6, 6.07) is 13.8. The van der Waals surface area contributed by atoms with Crippen molar-refractivity contribution in [2.75, 3.05) is 11.9 Å². The first-order valence-electron chi connectivity index (χ1n) is 10.8. The Morgan fingerprint density at radius 2 is 1.77 bits per heavy atom. The molecule has 2 fully saturated rings. The van der Waals surface area contributed by atoms with Gasteiger partial charge in [0.2, 0.25) is 17.7 Å². The van der Waals surface area contributed by atoms with Crippen molar-refractivity contribution < 1.29 is 19.5 Å². The summed E-state index contributed by atoms with van der Waals surface area (Å²) < 4.78 is 0. The van der Waals surface area contributed by atoms with Crippen LogP contribution in [-0.2, 0) is 26.3 Å². The Hall–Kier alpha value is -3.19. The van der Waals surface area contributed by atoms with Crippen LogP contribution in [0.4, 0.5) is 5.69 Å². The lowest BCUT2D eigenvalue weighted by Crippen LogP contribution is -2.53. The normalized spacial score (nSPS) is 28.9. The van der Waals surface area contributed by atoms with Gasteiger partial charge >= 0.3 is 0 Å². The molecular weight excluding hydrogens is 394 g/mol. The highest BCUT2D eigenvalue weighted by Crippen LogP contribution is 2.53. The van der Waals surface area contributed by atoms with Gasteiger partial charge < -0.3 is 10.4 Å². The van der Waals surface area contributed by atoms with Crippen LogP contribution in [0, 0.1) is 11.8 Å². The van der Waals surface area contributed by atoms with Crippen LogP contribution in [0.15, 0.2) is 48.5 Å². The van der Waals surface area contributed by atoms with E-state index in [2.05, 4.69) is 10.6 Å². The van der Waals surface area contributed by atoms with E-state index in [-0.39, 0.29) is 29.5 Å². The molecule has 31 heavy (non-hydrogen) atoms. The van der Waals surface area contributed by atoms with Gasteiger partial charge in [-0.1, -0.05) is 43.7 Å². The minimum atomic E-state index is -1.25. The number of para-hydroxylation sites is 1. The van der Waals surface area contributed by atoms with Crippen LogP contribution in [0.5, 0.6) is 5.75 Å². The number of hydrogen-bond donors (Lipinski definition) is 3. The molecule has 5 rings (SSSR count). The zero-order valence-electron chi connectivity index (χ0n) is 17.3. The maximum absolute atomic E-state index is 13.5. The van der Waals surface area contributed by atoms with Crippen molar-refractivity contribution in [1.82, 2.24) is 10.2 Å². The fourth-order valence-electron chi connectivity index (χ4n) is 5.42. The number of rotatable bonds is 5. The number of likely N-dealkylation sites (tertiary alicyclic amines) is 1. The Bertz CT molecular complexity index is 1070. The van der Waals surface area contributed by atoms with Gasteiger partial charge in [-0.05, 0) is 36.6 Å². The zero-order chi connectivity index (χ0) is 21.8. The lowest BCUT2D eigenvalue weighted by atomic mass is 9.76. The molecule has 0 bridgehead atoms. The molecule has 0 aliphatic carbocycles. The second-order valence-corrected chi connectivity index (χ2v) is 8.61. The molecular formula is C24H25N3O4. The highest BCUT2D eigenvalue weighted by Gasteiger charge is 2.70. The third kappa shape index (κ3) is 2.80. The first-order valence-corrected chi connectivity index (χ1v) is 10.8. The quantitative estimate of drug-likeness (QED) is 0.645. The van der Waals surface area contributed by atoms with Gasteiger partial charge in [-0.3, -0.25) is 24.6 Å². The number of amides is 3. The summed E-state index contributed by atoms with van der Waals surface area (Å²) >= 11 is 0. The van der Waals surface area contributed by atoms with Gasteiger partial charge in [0.25, 0.3) is 0 Å². The van der Waals surface area contributed by atoms with Crippen molar-refractivity contribution in [3.05, 3.63) is 59.7 Å². The van der Waals surface area contributed by atoms with Crippen LogP contribution in [-0.4, -0.2) is 40.3 Å². The third-order valence-corrected chi connectivity index (χ3v) is 6.84. The zero-order valence-corrected chi connectivity index (χ0v) is 17.3. The number of hydrogen-bond acceptors (Lipinski definition) is 5. The standard InChI is InChI=1S/C24H25N3O4/c1-2-3-12-27-21(29)19-18(13-14-8-10-15(28)11-9-14)26-24(20(19)22(27)30)16-6-4-5-7-17(16)25-23(24)31/h4-11,18-20,26,28H,2-3,12-13H2,1H3,(H,25,31)/t18-,19-,20-,24+/m0/s1. The highest BCUT2D eigenvalue weighted by atomic mass is 16.3. The minimum Gasteiger partial charge on any atom is -0.508 e.